The Hall–Kier alpha value is -2.99. The molecule has 4 rings (SSSR count). The minimum atomic E-state index is -0.821. The number of hydrogen-bond acceptors (Lipinski definition) is 4. The monoisotopic (exact) mass is 445 g/mol. The number of nitrogens with zero attached hydrogens (tertiary/aromatic N) is 1. The van der Waals surface area contributed by atoms with Crippen molar-refractivity contribution in [2.75, 3.05) is 13.2 Å². The molecular formula is C28H31NO4. The Morgan fingerprint density at radius 1 is 0.788 bits per heavy atom. The highest BCUT2D eigenvalue weighted by molar-refractivity contribution is 5.73. The van der Waals surface area contributed by atoms with Crippen LogP contribution in [0.4, 0.5) is 0 Å². The SMILES string of the molecule is O=C(O)[C@H](CC(Cc1ccccc1)C1OCCO1)N(Cc1ccccc1)Cc1ccccc1. The van der Waals surface area contributed by atoms with Gasteiger partial charge in [0.15, 0.2) is 6.29 Å². The number of carboxylic acids is 1. The molecule has 5 nitrogen and oxygen atoms in total. The third kappa shape index (κ3) is 6.75. The number of hydrogen-bond donors (Lipinski definition) is 1. The molecule has 1 aliphatic rings. The number of carbonyl (C=O) groups is 1. The molecule has 0 saturated carbocycles. The molecule has 172 valence electrons. The molecule has 2 atom stereocenters. The molecule has 0 spiro atoms. The number of benzene rings is 3. The Morgan fingerprint density at radius 2 is 1.24 bits per heavy atom. The van der Waals surface area contributed by atoms with E-state index in [1.54, 1.807) is 0 Å². The molecule has 1 aliphatic heterocycles. The fourth-order valence-corrected chi connectivity index (χ4v) is 4.46. The lowest BCUT2D eigenvalue weighted by molar-refractivity contribution is -0.147. The van der Waals surface area contributed by atoms with Crippen molar-refractivity contribution in [3.05, 3.63) is 108 Å². The summed E-state index contributed by atoms with van der Waals surface area (Å²) in [5.74, 6) is -0.886. The summed E-state index contributed by atoms with van der Waals surface area (Å²) >= 11 is 0. The number of ether oxygens (including phenoxy) is 2. The van der Waals surface area contributed by atoms with E-state index in [0.29, 0.717) is 39.1 Å². The predicted octanol–water partition coefficient (Wildman–Crippen LogP) is 4.76. The lowest BCUT2D eigenvalue weighted by Gasteiger charge is -2.33. The molecule has 0 amide bonds. The molecule has 1 heterocycles. The third-order valence-electron chi connectivity index (χ3n) is 6.08. The Bertz CT molecular complexity index is 933. The summed E-state index contributed by atoms with van der Waals surface area (Å²) in [5.41, 5.74) is 3.34. The first-order valence-electron chi connectivity index (χ1n) is 11.5. The van der Waals surface area contributed by atoms with Crippen LogP contribution in [0, 0.1) is 5.92 Å². The van der Waals surface area contributed by atoms with Crippen molar-refractivity contribution in [3.63, 3.8) is 0 Å². The first-order valence-corrected chi connectivity index (χ1v) is 11.5. The number of aliphatic carboxylic acids is 1. The quantitative estimate of drug-likeness (QED) is 0.461. The lowest BCUT2D eigenvalue weighted by Crippen LogP contribution is -2.43. The van der Waals surface area contributed by atoms with E-state index >= 15 is 0 Å². The molecule has 0 aromatic heterocycles. The maximum absolute atomic E-state index is 12.6. The van der Waals surface area contributed by atoms with E-state index in [9.17, 15) is 9.90 Å². The molecule has 1 fully saturated rings. The van der Waals surface area contributed by atoms with E-state index in [1.807, 2.05) is 78.9 Å². The van der Waals surface area contributed by atoms with Gasteiger partial charge in [-0.1, -0.05) is 91.0 Å². The van der Waals surface area contributed by atoms with Gasteiger partial charge in [-0.2, -0.15) is 0 Å². The predicted molar refractivity (Wildman–Crippen MR) is 127 cm³/mol. The van der Waals surface area contributed by atoms with Crippen molar-refractivity contribution in [1.82, 2.24) is 4.90 Å². The Morgan fingerprint density at radius 3 is 1.70 bits per heavy atom. The van der Waals surface area contributed by atoms with Gasteiger partial charge in [0, 0.05) is 19.0 Å². The van der Waals surface area contributed by atoms with E-state index in [-0.39, 0.29) is 12.2 Å². The Balaban J connectivity index is 1.59. The minimum absolute atomic E-state index is 0.0648. The summed E-state index contributed by atoms with van der Waals surface area (Å²) in [4.78, 5) is 14.7. The summed E-state index contributed by atoms with van der Waals surface area (Å²) in [6, 6.07) is 29.6. The van der Waals surface area contributed by atoms with Crippen molar-refractivity contribution < 1.29 is 19.4 Å². The second kappa shape index (κ2) is 11.8. The van der Waals surface area contributed by atoms with Crippen LogP contribution in [0.25, 0.3) is 0 Å². The smallest absolute Gasteiger partial charge is 0.320 e. The van der Waals surface area contributed by atoms with E-state index in [1.165, 1.54) is 0 Å². The highest BCUT2D eigenvalue weighted by atomic mass is 16.7. The molecule has 3 aromatic rings. The van der Waals surface area contributed by atoms with Crippen LogP contribution >= 0.6 is 0 Å². The first-order chi connectivity index (χ1) is 16.2. The maximum atomic E-state index is 12.6. The fourth-order valence-electron chi connectivity index (χ4n) is 4.46. The summed E-state index contributed by atoms with van der Waals surface area (Å²) in [7, 11) is 0. The second-order valence-corrected chi connectivity index (χ2v) is 8.53. The van der Waals surface area contributed by atoms with Gasteiger partial charge in [-0.3, -0.25) is 9.69 Å². The molecule has 0 bridgehead atoms. The molecular weight excluding hydrogens is 414 g/mol. The first kappa shape index (κ1) is 23.2. The molecule has 5 heteroatoms. The van der Waals surface area contributed by atoms with Gasteiger partial charge in [-0.25, -0.2) is 0 Å². The molecule has 0 radical (unpaired) electrons. The van der Waals surface area contributed by atoms with Crippen molar-refractivity contribution in [3.8, 4) is 0 Å². The Labute approximate surface area is 195 Å². The third-order valence-corrected chi connectivity index (χ3v) is 6.08. The van der Waals surface area contributed by atoms with Gasteiger partial charge in [0.1, 0.15) is 6.04 Å². The average Bonchev–Trinajstić information content (AvgIpc) is 3.38. The van der Waals surface area contributed by atoms with Crippen molar-refractivity contribution >= 4 is 5.97 Å². The normalized spacial score (nSPS) is 16.0. The van der Waals surface area contributed by atoms with Crippen LogP contribution in [0.15, 0.2) is 91.0 Å². The van der Waals surface area contributed by atoms with Crippen molar-refractivity contribution in [2.45, 2.75) is 38.3 Å². The highest BCUT2D eigenvalue weighted by Gasteiger charge is 2.35. The molecule has 0 aliphatic carbocycles. The van der Waals surface area contributed by atoms with Crippen LogP contribution in [-0.2, 0) is 33.8 Å². The van der Waals surface area contributed by atoms with Gasteiger partial charge in [0.25, 0.3) is 0 Å². The van der Waals surface area contributed by atoms with E-state index in [0.717, 1.165) is 16.7 Å². The summed E-state index contributed by atoms with van der Waals surface area (Å²) < 4.78 is 11.7. The number of carboxylic acid groups (broad SMARTS) is 1. The van der Waals surface area contributed by atoms with Crippen LogP contribution in [-0.4, -0.2) is 41.5 Å². The fraction of sp³-hybridized carbons (Fsp3) is 0.321. The molecule has 1 N–H and O–H groups in total. The van der Waals surface area contributed by atoms with Crippen molar-refractivity contribution in [1.29, 1.82) is 0 Å². The zero-order chi connectivity index (χ0) is 22.9. The maximum Gasteiger partial charge on any atom is 0.320 e. The van der Waals surface area contributed by atoms with E-state index in [2.05, 4.69) is 17.0 Å². The highest BCUT2D eigenvalue weighted by Crippen LogP contribution is 2.27. The molecule has 3 aromatic carbocycles. The van der Waals surface area contributed by atoms with E-state index < -0.39 is 12.0 Å². The summed E-state index contributed by atoms with van der Waals surface area (Å²) in [5, 5.41) is 10.3. The van der Waals surface area contributed by atoms with Crippen LogP contribution in [0.2, 0.25) is 0 Å². The molecule has 1 unspecified atom stereocenters. The summed E-state index contributed by atoms with van der Waals surface area (Å²) in [6.07, 6.45) is 0.760. The zero-order valence-electron chi connectivity index (χ0n) is 18.8. The van der Waals surface area contributed by atoms with Crippen LogP contribution < -0.4 is 0 Å². The van der Waals surface area contributed by atoms with Crippen LogP contribution in [0.5, 0.6) is 0 Å². The summed E-state index contributed by atoms with van der Waals surface area (Å²) in [6.45, 7) is 2.20. The van der Waals surface area contributed by atoms with Gasteiger partial charge < -0.3 is 14.6 Å². The molecule has 33 heavy (non-hydrogen) atoms. The van der Waals surface area contributed by atoms with Crippen LogP contribution in [0.1, 0.15) is 23.1 Å². The van der Waals surface area contributed by atoms with Gasteiger partial charge in [0.05, 0.1) is 13.2 Å². The van der Waals surface area contributed by atoms with Crippen molar-refractivity contribution in [2.24, 2.45) is 5.92 Å². The largest absolute Gasteiger partial charge is 0.480 e. The minimum Gasteiger partial charge on any atom is -0.480 e. The average molecular weight is 446 g/mol. The zero-order valence-corrected chi connectivity index (χ0v) is 18.8. The number of rotatable bonds is 11. The standard InChI is InChI=1S/C28H31NO4/c30-27(31)26(19-25(28-32-16-17-33-28)18-22-10-4-1-5-11-22)29(20-23-12-6-2-7-13-23)21-24-14-8-3-9-15-24/h1-15,25-26,28H,16-21H2,(H,30,31)/t25?,26-/m0/s1. The lowest BCUT2D eigenvalue weighted by atomic mass is 9.91. The van der Waals surface area contributed by atoms with Gasteiger partial charge in [-0.15, -0.1) is 0 Å². The van der Waals surface area contributed by atoms with Crippen LogP contribution in [0.3, 0.4) is 0 Å². The molecule has 1 saturated heterocycles. The topological polar surface area (TPSA) is 59.0 Å². The van der Waals surface area contributed by atoms with Gasteiger partial charge in [0.2, 0.25) is 0 Å². The second-order valence-electron chi connectivity index (χ2n) is 8.53. The Kier molecular flexibility index (Phi) is 8.25. The van der Waals surface area contributed by atoms with Gasteiger partial charge >= 0.3 is 5.97 Å². The van der Waals surface area contributed by atoms with E-state index in [4.69, 9.17) is 9.47 Å². The van der Waals surface area contributed by atoms with Gasteiger partial charge in [-0.05, 0) is 29.5 Å².